The third-order valence-corrected chi connectivity index (χ3v) is 6.89. The maximum atomic E-state index is 13.1. The third-order valence-electron chi connectivity index (χ3n) is 4.88. The van der Waals surface area contributed by atoms with Gasteiger partial charge in [0.05, 0.1) is 12.7 Å². The molecule has 202 valence electrons. The zero-order valence-electron chi connectivity index (χ0n) is 20.7. The summed E-state index contributed by atoms with van der Waals surface area (Å²) in [5, 5.41) is 7.49. The van der Waals surface area contributed by atoms with Gasteiger partial charge in [-0.25, -0.2) is 14.6 Å². The van der Waals surface area contributed by atoms with Crippen molar-refractivity contribution in [1.29, 1.82) is 0 Å². The summed E-state index contributed by atoms with van der Waals surface area (Å²) in [6, 6.07) is -0.961. The molecule has 3 heterocycles. The second-order valence-electron chi connectivity index (χ2n) is 7.95. The Morgan fingerprint density at radius 1 is 1.24 bits per heavy atom. The number of anilines is 1. The van der Waals surface area contributed by atoms with Crippen molar-refractivity contribution in [2.24, 2.45) is 5.16 Å². The molecule has 2 unspecified atom stereocenters. The van der Waals surface area contributed by atoms with Crippen LogP contribution < -0.4 is 11.1 Å². The van der Waals surface area contributed by atoms with Crippen LogP contribution in [0.2, 0.25) is 0 Å². The van der Waals surface area contributed by atoms with E-state index in [1.807, 2.05) is 0 Å². The Hall–Kier alpha value is -3.37. The third kappa shape index (κ3) is 6.50. The maximum Gasteiger partial charge on any atom is 0.511 e. The van der Waals surface area contributed by atoms with Crippen LogP contribution in [0, 0.1) is 0 Å². The van der Waals surface area contributed by atoms with Gasteiger partial charge in [0, 0.05) is 25.2 Å². The quantitative estimate of drug-likeness (QED) is 0.136. The van der Waals surface area contributed by atoms with Gasteiger partial charge in [0.25, 0.3) is 11.8 Å². The highest BCUT2D eigenvalue weighted by Gasteiger charge is 2.55. The van der Waals surface area contributed by atoms with Gasteiger partial charge in [0.15, 0.2) is 10.8 Å². The van der Waals surface area contributed by atoms with E-state index in [4.69, 9.17) is 29.5 Å². The monoisotopic (exact) mass is 557 g/mol. The number of rotatable bonds is 10. The molecule has 3 N–H and O–H groups in total. The number of nitrogens with one attached hydrogen (secondary N) is 1. The number of nitrogens with two attached hydrogens (primary N) is 1. The lowest BCUT2D eigenvalue weighted by molar-refractivity contribution is -0.169. The van der Waals surface area contributed by atoms with E-state index in [0.717, 1.165) is 11.3 Å². The molecule has 37 heavy (non-hydrogen) atoms. The highest BCUT2D eigenvalue weighted by Crippen LogP contribution is 2.41. The summed E-state index contributed by atoms with van der Waals surface area (Å²) in [5.41, 5.74) is 6.15. The SMILES string of the molecule is COCC1=C(C(=O)OC(C)OC(=O)OC(C)C)N2C(=O)C(NC(=O)/C(=N\OC)c3csc(N)n3)[C@@H]2SC1. The van der Waals surface area contributed by atoms with Gasteiger partial charge in [-0.1, -0.05) is 5.16 Å². The van der Waals surface area contributed by atoms with Crippen LogP contribution in [0.4, 0.5) is 9.93 Å². The van der Waals surface area contributed by atoms with Crippen molar-refractivity contribution >= 4 is 57.9 Å². The fourth-order valence-electron chi connectivity index (χ4n) is 3.45. The number of ether oxygens (including phenoxy) is 4. The number of hydrogen-bond acceptors (Lipinski definition) is 14. The fourth-order valence-corrected chi connectivity index (χ4v) is 5.32. The molecule has 0 aliphatic carbocycles. The van der Waals surface area contributed by atoms with Gasteiger partial charge in [0.1, 0.15) is 29.9 Å². The largest absolute Gasteiger partial charge is 0.511 e. The lowest BCUT2D eigenvalue weighted by Crippen LogP contribution is -2.71. The lowest BCUT2D eigenvalue weighted by Gasteiger charge is -2.49. The van der Waals surface area contributed by atoms with E-state index in [-0.39, 0.29) is 28.8 Å². The number of carbonyl (C=O) groups excluding carboxylic acids is 4. The fraction of sp³-hybridized carbons (Fsp3) is 0.524. The number of thiazole rings is 1. The van der Waals surface area contributed by atoms with Gasteiger partial charge in [-0.05, 0) is 19.4 Å². The summed E-state index contributed by atoms with van der Waals surface area (Å²) < 4.78 is 20.2. The number of carbonyl (C=O) groups is 4. The highest BCUT2D eigenvalue weighted by atomic mass is 32.2. The summed E-state index contributed by atoms with van der Waals surface area (Å²) in [4.78, 5) is 60.8. The van der Waals surface area contributed by atoms with Gasteiger partial charge in [-0.2, -0.15) is 0 Å². The van der Waals surface area contributed by atoms with E-state index < -0.39 is 47.7 Å². The van der Waals surface area contributed by atoms with Crippen LogP contribution in [0.3, 0.4) is 0 Å². The van der Waals surface area contributed by atoms with Crippen LogP contribution in [0.15, 0.2) is 21.8 Å². The number of thioether (sulfide) groups is 1. The molecule has 0 spiro atoms. The summed E-state index contributed by atoms with van der Waals surface area (Å²) in [7, 11) is 2.71. The molecule has 0 radical (unpaired) electrons. The molecule has 1 saturated heterocycles. The highest BCUT2D eigenvalue weighted by molar-refractivity contribution is 8.00. The van der Waals surface area contributed by atoms with E-state index in [1.54, 1.807) is 13.8 Å². The number of nitrogen functional groups attached to an aromatic ring is 1. The van der Waals surface area contributed by atoms with Gasteiger partial charge in [0.2, 0.25) is 6.29 Å². The average Bonchev–Trinajstić information content (AvgIpc) is 3.25. The van der Waals surface area contributed by atoms with Crippen LogP contribution in [0.5, 0.6) is 0 Å². The minimum atomic E-state index is -1.28. The lowest BCUT2D eigenvalue weighted by atomic mass is 10.0. The molecule has 1 fully saturated rings. The number of β-lactam (4-membered cyclic amide) rings is 1. The molecule has 0 saturated carbocycles. The first-order valence-corrected chi connectivity index (χ1v) is 12.9. The second-order valence-corrected chi connectivity index (χ2v) is 9.94. The molecule has 2 aliphatic heterocycles. The first-order valence-electron chi connectivity index (χ1n) is 10.9. The number of aromatic nitrogens is 1. The van der Waals surface area contributed by atoms with Crippen molar-refractivity contribution in [2.75, 3.05) is 32.3 Å². The van der Waals surface area contributed by atoms with Gasteiger partial charge < -0.3 is 34.8 Å². The topological polar surface area (TPSA) is 181 Å². The second kappa shape index (κ2) is 12.2. The molecule has 16 heteroatoms. The number of amides is 2. The molecule has 0 bridgehead atoms. The number of esters is 1. The van der Waals surface area contributed by atoms with Crippen molar-refractivity contribution in [2.45, 2.75) is 44.6 Å². The molecule has 1 aromatic heterocycles. The van der Waals surface area contributed by atoms with Crippen molar-refractivity contribution in [3.63, 3.8) is 0 Å². The Morgan fingerprint density at radius 2 is 1.97 bits per heavy atom. The standard InChI is InChI=1S/C21H27N5O9S2/c1-9(2)33-21(30)35-10(3)34-19(29)15-11(6-31-4)7-36-18-14(17(28)26(15)18)24-16(27)13(25-32-5)12-8-37-20(22)23-12/h8-10,14,18H,6-7H2,1-5H3,(H2,22,23)(H,24,27)/b25-13-/t10?,14?,18-/m0/s1. The van der Waals surface area contributed by atoms with Gasteiger partial charge in [-0.15, -0.1) is 23.1 Å². The summed E-state index contributed by atoms with van der Waals surface area (Å²) >= 11 is 2.45. The number of hydrogen-bond donors (Lipinski definition) is 2. The van der Waals surface area contributed by atoms with Gasteiger partial charge in [-0.3, -0.25) is 14.5 Å². The molecule has 3 atom stereocenters. The van der Waals surface area contributed by atoms with Crippen LogP contribution in [0.1, 0.15) is 26.5 Å². The van der Waals surface area contributed by atoms with Crippen molar-refractivity contribution in [1.82, 2.24) is 15.2 Å². The Labute approximate surface area is 220 Å². The predicted octanol–water partition coefficient (Wildman–Crippen LogP) is 0.827. The summed E-state index contributed by atoms with van der Waals surface area (Å²) in [5.74, 6) is -1.81. The minimum Gasteiger partial charge on any atom is -0.431 e. The Morgan fingerprint density at radius 3 is 2.57 bits per heavy atom. The number of methoxy groups -OCH3 is 1. The molecular formula is C21H27N5O9S2. The van der Waals surface area contributed by atoms with Crippen LogP contribution in [-0.2, 0) is 38.2 Å². The summed E-state index contributed by atoms with van der Waals surface area (Å²) in [6.45, 7) is 4.68. The zero-order chi connectivity index (χ0) is 27.3. The molecule has 1 aromatic rings. The molecule has 3 rings (SSSR count). The van der Waals surface area contributed by atoms with Crippen LogP contribution in [-0.4, -0.2) is 89.9 Å². The van der Waals surface area contributed by atoms with E-state index in [9.17, 15) is 19.2 Å². The van der Waals surface area contributed by atoms with Crippen molar-refractivity contribution in [3.05, 3.63) is 22.3 Å². The van der Waals surface area contributed by atoms with E-state index >= 15 is 0 Å². The van der Waals surface area contributed by atoms with Crippen molar-refractivity contribution in [3.8, 4) is 0 Å². The summed E-state index contributed by atoms with van der Waals surface area (Å²) in [6.07, 6.45) is -2.71. The Balaban J connectivity index is 1.74. The molecule has 2 amide bonds. The first kappa shape index (κ1) is 28.2. The van der Waals surface area contributed by atoms with Crippen molar-refractivity contribution < 1.29 is 43.0 Å². The minimum absolute atomic E-state index is 0.0353. The molecule has 2 aliphatic rings. The smallest absolute Gasteiger partial charge is 0.431 e. The molecule has 0 aromatic carbocycles. The van der Waals surface area contributed by atoms with Crippen LogP contribution >= 0.6 is 23.1 Å². The average molecular weight is 558 g/mol. The van der Waals surface area contributed by atoms with Gasteiger partial charge >= 0.3 is 12.1 Å². The predicted molar refractivity (Wildman–Crippen MR) is 132 cm³/mol. The molecule has 14 nitrogen and oxygen atoms in total. The van der Waals surface area contributed by atoms with E-state index in [1.165, 1.54) is 43.2 Å². The van der Waals surface area contributed by atoms with E-state index in [2.05, 4.69) is 15.5 Å². The van der Waals surface area contributed by atoms with E-state index in [0.29, 0.717) is 11.3 Å². The van der Waals surface area contributed by atoms with Crippen LogP contribution in [0.25, 0.3) is 0 Å². The first-order chi connectivity index (χ1) is 17.6. The zero-order valence-corrected chi connectivity index (χ0v) is 22.3. The number of fused-ring (bicyclic) bond motifs is 1. The normalized spacial score (nSPS) is 20.1. The number of oxime groups is 1. The maximum absolute atomic E-state index is 13.1. The Kier molecular flexibility index (Phi) is 9.34. The Bertz CT molecular complexity index is 1120. The molecular weight excluding hydrogens is 530 g/mol. The number of nitrogens with zero attached hydrogens (tertiary/aromatic N) is 3.